The minimum absolute atomic E-state index is 0.117. The van der Waals surface area contributed by atoms with Gasteiger partial charge in [-0.05, 0) is 26.0 Å². The zero-order valence-corrected chi connectivity index (χ0v) is 17.2. The van der Waals surface area contributed by atoms with Gasteiger partial charge in [0, 0.05) is 6.07 Å². The van der Waals surface area contributed by atoms with Gasteiger partial charge in [-0.1, -0.05) is 24.3 Å². The minimum atomic E-state index is -6.06. The molecule has 13 heteroatoms. The summed E-state index contributed by atoms with van der Waals surface area (Å²) in [5, 5.41) is -0.397. The fraction of sp³-hybridized carbons (Fsp3) is 0.316. The molecule has 1 heterocycles. The molecule has 0 unspecified atom stereocenters. The van der Waals surface area contributed by atoms with Crippen molar-refractivity contribution in [2.75, 3.05) is 6.61 Å². The van der Waals surface area contributed by atoms with E-state index in [9.17, 15) is 35.9 Å². The average molecular weight is 485 g/mol. The third-order valence-electron chi connectivity index (χ3n) is 3.74. The molecule has 2 aromatic rings. The molecule has 0 aliphatic heterocycles. The van der Waals surface area contributed by atoms with Gasteiger partial charge >= 0.3 is 24.1 Å². The van der Waals surface area contributed by atoms with Crippen LogP contribution in [0.3, 0.4) is 0 Å². The zero-order valence-electron chi connectivity index (χ0n) is 16.5. The van der Waals surface area contributed by atoms with Gasteiger partial charge in [-0.2, -0.15) is 26.9 Å². The van der Waals surface area contributed by atoms with Crippen LogP contribution in [0.15, 0.2) is 35.6 Å². The Morgan fingerprint density at radius 1 is 1.25 bits per heavy atom. The Morgan fingerprint density at radius 3 is 2.41 bits per heavy atom. The number of esters is 1. The van der Waals surface area contributed by atoms with E-state index in [-0.39, 0.29) is 10.6 Å². The number of ether oxygens (including phenoxy) is 2. The van der Waals surface area contributed by atoms with Crippen LogP contribution in [0.4, 0.5) is 26.3 Å². The average Bonchev–Trinajstić information content (AvgIpc) is 2.65. The fourth-order valence-corrected chi connectivity index (χ4v) is 2.59. The lowest BCUT2D eigenvalue weighted by molar-refractivity contribution is -0.291. The largest absolute Gasteiger partial charge is 0.460 e. The van der Waals surface area contributed by atoms with Crippen LogP contribution >= 0.6 is 11.6 Å². The topological polar surface area (TPSA) is 70.4 Å². The van der Waals surface area contributed by atoms with Gasteiger partial charge in [0.1, 0.15) is 18.1 Å². The van der Waals surface area contributed by atoms with Gasteiger partial charge in [0.25, 0.3) is 5.56 Å². The number of hydrogen-bond donors (Lipinski definition) is 0. The molecule has 0 saturated heterocycles. The SMILES string of the molecule is C=CCOc1nc(C(F)(F)C(F)(F)F)cc(=O)n1-c1cc(C(=O)OC(C)C)c(Cl)cc1F. The summed E-state index contributed by atoms with van der Waals surface area (Å²) in [6.07, 6.45) is -5.57. The van der Waals surface area contributed by atoms with Crippen molar-refractivity contribution in [1.82, 2.24) is 9.55 Å². The van der Waals surface area contributed by atoms with Crippen LogP contribution in [-0.4, -0.2) is 34.4 Å². The highest BCUT2D eigenvalue weighted by molar-refractivity contribution is 6.33. The summed E-state index contributed by atoms with van der Waals surface area (Å²) in [6, 6.07) is 0.179. The predicted molar refractivity (Wildman–Crippen MR) is 101 cm³/mol. The second-order valence-electron chi connectivity index (χ2n) is 6.51. The van der Waals surface area contributed by atoms with Crippen LogP contribution in [0.5, 0.6) is 6.01 Å². The van der Waals surface area contributed by atoms with Crippen molar-refractivity contribution in [1.29, 1.82) is 0 Å². The Kier molecular flexibility index (Phi) is 7.28. The molecule has 1 aromatic carbocycles. The van der Waals surface area contributed by atoms with Gasteiger partial charge in [0.05, 0.1) is 22.4 Å². The highest BCUT2D eigenvalue weighted by atomic mass is 35.5. The van der Waals surface area contributed by atoms with Crippen molar-refractivity contribution < 1.29 is 40.6 Å². The molecule has 0 bridgehead atoms. The van der Waals surface area contributed by atoms with E-state index in [0.717, 1.165) is 12.1 Å². The standard InChI is InChI=1S/C19H15ClF6N2O4/c1-4-5-31-17-27-14(18(22,23)19(24,25)26)8-15(29)28(17)13-6-10(11(20)7-12(13)21)16(30)32-9(2)3/h4,6-9H,1,5H2,2-3H3. The summed E-state index contributed by atoms with van der Waals surface area (Å²) in [6.45, 7) is 5.84. The van der Waals surface area contributed by atoms with Gasteiger partial charge in [0.15, 0.2) is 0 Å². The minimum Gasteiger partial charge on any atom is -0.460 e. The third-order valence-corrected chi connectivity index (χ3v) is 4.05. The van der Waals surface area contributed by atoms with Gasteiger partial charge in [-0.15, -0.1) is 0 Å². The van der Waals surface area contributed by atoms with Crippen LogP contribution < -0.4 is 10.3 Å². The number of nitrogens with zero attached hydrogens (tertiary/aromatic N) is 2. The van der Waals surface area contributed by atoms with Crippen molar-refractivity contribution in [2.24, 2.45) is 0 Å². The van der Waals surface area contributed by atoms with Crippen LogP contribution in [-0.2, 0) is 10.7 Å². The number of hydrogen-bond acceptors (Lipinski definition) is 5. The first-order valence-electron chi connectivity index (χ1n) is 8.74. The van der Waals surface area contributed by atoms with Crippen molar-refractivity contribution in [3.8, 4) is 11.7 Å². The maximum absolute atomic E-state index is 14.6. The maximum atomic E-state index is 14.6. The summed E-state index contributed by atoms with van der Waals surface area (Å²) in [4.78, 5) is 27.8. The number of alkyl halides is 5. The van der Waals surface area contributed by atoms with E-state index in [4.69, 9.17) is 21.1 Å². The highest BCUT2D eigenvalue weighted by Crippen LogP contribution is 2.43. The van der Waals surface area contributed by atoms with E-state index in [1.807, 2.05) is 0 Å². The first kappa shape index (κ1) is 25.2. The summed E-state index contributed by atoms with van der Waals surface area (Å²) in [7, 11) is 0. The molecule has 0 amide bonds. The van der Waals surface area contributed by atoms with E-state index in [0.29, 0.717) is 6.07 Å². The lowest BCUT2D eigenvalue weighted by Crippen LogP contribution is -2.37. The molecule has 2 rings (SSSR count). The second kappa shape index (κ2) is 9.23. The first-order chi connectivity index (χ1) is 14.7. The lowest BCUT2D eigenvalue weighted by atomic mass is 10.1. The Bertz CT molecular complexity index is 1100. The second-order valence-corrected chi connectivity index (χ2v) is 6.91. The predicted octanol–water partition coefficient (Wildman–Crippen LogP) is 4.81. The fourth-order valence-electron chi connectivity index (χ4n) is 2.36. The Hall–Kier alpha value is -3.02. The van der Waals surface area contributed by atoms with E-state index < -0.39 is 70.1 Å². The monoisotopic (exact) mass is 484 g/mol. The number of rotatable bonds is 7. The van der Waals surface area contributed by atoms with Gasteiger partial charge < -0.3 is 9.47 Å². The number of carbonyl (C=O) groups excluding carboxylic acids is 1. The summed E-state index contributed by atoms with van der Waals surface area (Å²) >= 11 is 5.85. The molecule has 0 aliphatic carbocycles. The molecule has 6 nitrogen and oxygen atoms in total. The first-order valence-corrected chi connectivity index (χ1v) is 9.11. The number of halogens is 7. The molecule has 0 spiro atoms. The normalized spacial score (nSPS) is 12.1. The van der Waals surface area contributed by atoms with Crippen molar-refractivity contribution >= 4 is 17.6 Å². The van der Waals surface area contributed by atoms with E-state index in [2.05, 4.69) is 11.6 Å². The van der Waals surface area contributed by atoms with Gasteiger partial charge in [-0.25, -0.2) is 13.8 Å². The van der Waals surface area contributed by atoms with Crippen molar-refractivity contribution in [3.63, 3.8) is 0 Å². The van der Waals surface area contributed by atoms with Crippen molar-refractivity contribution in [2.45, 2.75) is 32.1 Å². The molecule has 0 N–H and O–H groups in total. The molecule has 0 atom stereocenters. The Balaban J connectivity index is 2.78. The van der Waals surface area contributed by atoms with Gasteiger partial charge in [0.2, 0.25) is 0 Å². The summed E-state index contributed by atoms with van der Waals surface area (Å²) in [5.74, 6) is -7.72. The lowest BCUT2D eigenvalue weighted by Gasteiger charge is -2.21. The quantitative estimate of drug-likeness (QED) is 0.320. The van der Waals surface area contributed by atoms with E-state index >= 15 is 0 Å². The van der Waals surface area contributed by atoms with Crippen LogP contribution in [0.2, 0.25) is 5.02 Å². The number of carbonyl (C=O) groups is 1. The van der Waals surface area contributed by atoms with Crippen LogP contribution in [0.25, 0.3) is 5.69 Å². The molecule has 0 saturated carbocycles. The smallest absolute Gasteiger partial charge is 0.459 e. The third kappa shape index (κ3) is 5.06. The Labute approximate surface area is 182 Å². The summed E-state index contributed by atoms with van der Waals surface area (Å²) < 4.78 is 90.5. The van der Waals surface area contributed by atoms with Crippen LogP contribution in [0, 0.1) is 5.82 Å². The zero-order chi connectivity index (χ0) is 24.4. The molecule has 0 fully saturated rings. The van der Waals surface area contributed by atoms with Gasteiger partial charge in [-0.3, -0.25) is 4.79 Å². The van der Waals surface area contributed by atoms with Crippen molar-refractivity contribution in [3.05, 3.63) is 63.3 Å². The molecule has 1 aromatic heterocycles. The molecular weight excluding hydrogens is 470 g/mol. The highest BCUT2D eigenvalue weighted by Gasteiger charge is 2.60. The molecule has 32 heavy (non-hydrogen) atoms. The Morgan fingerprint density at radius 2 is 1.88 bits per heavy atom. The molecular formula is C19H15ClF6N2O4. The molecule has 0 aliphatic rings. The number of aromatic nitrogens is 2. The number of benzene rings is 1. The van der Waals surface area contributed by atoms with E-state index in [1.165, 1.54) is 13.8 Å². The van der Waals surface area contributed by atoms with Crippen LogP contribution in [0.1, 0.15) is 29.9 Å². The molecule has 0 radical (unpaired) electrons. The summed E-state index contributed by atoms with van der Waals surface area (Å²) in [5.41, 5.74) is -4.65. The molecule has 174 valence electrons. The van der Waals surface area contributed by atoms with E-state index in [1.54, 1.807) is 0 Å². The maximum Gasteiger partial charge on any atom is 0.459 e.